The summed E-state index contributed by atoms with van der Waals surface area (Å²) in [5.41, 5.74) is 1.06. The number of nitrogens with one attached hydrogen (secondary N) is 1. The first kappa shape index (κ1) is 14.0. The van der Waals surface area contributed by atoms with Gasteiger partial charge in [0, 0.05) is 12.7 Å². The lowest BCUT2D eigenvalue weighted by Crippen LogP contribution is -2.32. The minimum atomic E-state index is -4.13. The molecule has 0 aliphatic rings. The number of hydrogen-bond acceptors (Lipinski definition) is 2. The van der Waals surface area contributed by atoms with E-state index in [1.54, 1.807) is 6.20 Å². The molecule has 17 heavy (non-hydrogen) atoms. The maximum absolute atomic E-state index is 11.9. The molecular weight excluding hydrogens is 231 g/mol. The van der Waals surface area contributed by atoms with Crippen molar-refractivity contribution >= 4 is 0 Å². The van der Waals surface area contributed by atoms with Crippen LogP contribution in [0.5, 0.6) is 0 Å². The van der Waals surface area contributed by atoms with Gasteiger partial charge < -0.3 is 5.32 Å². The van der Waals surface area contributed by atoms with Gasteiger partial charge in [-0.2, -0.15) is 18.3 Å². The van der Waals surface area contributed by atoms with Crippen molar-refractivity contribution in [3.63, 3.8) is 0 Å². The topological polar surface area (TPSA) is 29.9 Å². The van der Waals surface area contributed by atoms with Crippen LogP contribution in [0.4, 0.5) is 13.2 Å². The fourth-order valence-electron chi connectivity index (χ4n) is 1.62. The molecule has 1 atom stereocenters. The quantitative estimate of drug-likeness (QED) is 0.838. The maximum atomic E-state index is 11.9. The molecule has 0 amide bonds. The molecule has 0 spiro atoms. The van der Waals surface area contributed by atoms with Gasteiger partial charge in [0.2, 0.25) is 0 Å². The van der Waals surface area contributed by atoms with Gasteiger partial charge in [-0.25, -0.2) is 0 Å². The summed E-state index contributed by atoms with van der Waals surface area (Å²) >= 11 is 0. The predicted octanol–water partition coefficient (Wildman–Crippen LogP) is 2.23. The van der Waals surface area contributed by atoms with Gasteiger partial charge in [0.05, 0.1) is 12.7 Å². The molecule has 98 valence electrons. The van der Waals surface area contributed by atoms with Crippen LogP contribution < -0.4 is 5.32 Å². The van der Waals surface area contributed by atoms with Crippen LogP contribution in [0.3, 0.4) is 0 Å². The molecule has 0 radical (unpaired) electrons. The first-order valence-electron chi connectivity index (χ1n) is 5.69. The van der Waals surface area contributed by atoms with Crippen LogP contribution in [0.25, 0.3) is 0 Å². The van der Waals surface area contributed by atoms with Crippen LogP contribution in [-0.2, 0) is 13.0 Å². The van der Waals surface area contributed by atoms with Crippen molar-refractivity contribution in [2.75, 3.05) is 13.1 Å². The average Bonchev–Trinajstić information content (AvgIpc) is 2.63. The predicted molar refractivity (Wildman–Crippen MR) is 59.7 cm³/mol. The summed E-state index contributed by atoms with van der Waals surface area (Å²) in [5, 5.41) is 6.54. The molecule has 3 nitrogen and oxygen atoms in total. The van der Waals surface area contributed by atoms with Gasteiger partial charge in [-0.1, -0.05) is 6.92 Å². The highest BCUT2D eigenvalue weighted by molar-refractivity contribution is 5.04. The highest BCUT2D eigenvalue weighted by Crippen LogP contribution is 2.13. The van der Waals surface area contributed by atoms with E-state index < -0.39 is 12.7 Å². The summed E-state index contributed by atoms with van der Waals surface area (Å²) in [4.78, 5) is 0. The SMILES string of the molecule is CCn1cc(CC(C)CNCC(F)(F)F)cn1. The summed E-state index contributed by atoms with van der Waals surface area (Å²) < 4.78 is 37.5. The van der Waals surface area contributed by atoms with Gasteiger partial charge >= 0.3 is 6.18 Å². The molecule has 0 bridgehead atoms. The van der Waals surface area contributed by atoms with E-state index in [2.05, 4.69) is 10.4 Å². The third kappa shape index (κ3) is 5.72. The number of alkyl halides is 3. The van der Waals surface area contributed by atoms with Crippen LogP contribution >= 0.6 is 0 Å². The highest BCUT2D eigenvalue weighted by atomic mass is 19.4. The van der Waals surface area contributed by atoms with Crippen LogP contribution in [0.15, 0.2) is 12.4 Å². The Kier molecular flexibility index (Phi) is 4.99. The van der Waals surface area contributed by atoms with E-state index in [1.807, 2.05) is 24.7 Å². The van der Waals surface area contributed by atoms with Crippen LogP contribution in [-0.4, -0.2) is 29.0 Å². The summed E-state index contributed by atoms with van der Waals surface area (Å²) in [6.07, 6.45) is 0.307. The number of halogens is 3. The number of rotatable bonds is 6. The van der Waals surface area contributed by atoms with Crippen molar-refractivity contribution in [2.24, 2.45) is 5.92 Å². The normalized spacial score (nSPS) is 13.9. The summed E-state index contributed by atoms with van der Waals surface area (Å²) in [7, 11) is 0. The second kappa shape index (κ2) is 6.05. The van der Waals surface area contributed by atoms with Crippen molar-refractivity contribution < 1.29 is 13.2 Å². The molecule has 1 rings (SSSR count). The van der Waals surface area contributed by atoms with E-state index >= 15 is 0 Å². The van der Waals surface area contributed by atoms with Crippen LogP contribution in [0.2, 0.25) is 0 Å². The smallest absolute Gasteiger partial charge is 0.308 e. The Morgan fingerprint density at radius 1 is 1.47 bits per heavy atom. The lowest BCUT2D eigenvalue weighted by atomic mass is 10.0. The van der Waals surface area contributed by atoms with Gasteiger partial charge in [-0.15, -0.1) is 0 Å². The Bertz CT molecular complexity index is 333. The van der Waals surface area contributed by atoms with E-state index in [1.165, 1.54) is 0 Å². The van der Waals surface area contributed by atoms with Gasteiger partial charge in [-0.3, -0.25) is 4.68 Å². The van der Waals surface area contributed by atoms with Crippen LogP contribution in [0.1, 0.15) is 19.4 Å². The van der Waals surface area contributed by atoms with Gasteiger partial charge in [-0.05, 0) is 31.4 Å². The molecule has 1 N–H and O–H groups in total. The molecule has 0 aromatic carbocycles. The average molecular weight is 249 g/mol. The molecule has 1 unspecified atom stereocenters. The lowest BCUT2D eigenvalue weighted by Gasteiger charge is -2.12. The third-order valence-electron chi connectivity index (χ3n) is 2.41. The van der Waals surface area contributed by atoms with Crippen molar-refractivity contribution in [2.45, 2.75) is 33.0 Å². The molecule has 1 aromatic rings. The Hall–Kier alpha value is -1.04. The number of nitrogens with zero attached hydrogens (tertiary/aromatic N) is 2. The Morgan fingerprint density at radius 2 is 2.18 bits per heavy atom. The zero-order chi connectivity index (χ0) is 12.9. The first-order chi connectivity index (χ1) is 7.90. The molecule has 1 heterocycles. The van der Waals surface area contributed by atoms with Crippen molar-refractivity contribution in [1.82, 2.24) is 15.1 Å². The molecule has 0 fully saturated rings. The molecule has 0 aliphatic heterocycles. The molecule has 0 aliphatic carbocycles. The summed E-state index contributed by atoms with van der Waals surface area (Å²) in [6, 6.07) is 0. The monoisotopic (exact) mass is 249 g/mol. The molecule has 6 heteroatoms. The standard InChI is InChI=1S/C11H18F3N3/c1-3-17-7-10(6-16-17)4-9(2)5-15-8-11(12,13)14/h6-7,9,15H,3-5,8H2,1-2H3. The summed E-state index contributed by atoms with van der Waals surface area (Å²) in [5.74, 6) is 0.159. The molecule has 0 saturated heterocycles. The van der Waals surface area contributed by atoms with Crippen LogP contribution in [0, 0.1) is 5.92 Å². The first-order valence-corrected chi connectivity index (χ1v) is 5.69. The van der Waals surface area contributed by atoms with Gasteiger partial charge in [0.15, 0.2) is 0 Å². The van der Waals surface area contributed by atoms with Gasteiger partial charge in [0.25, 0.3) is 0 Å². The fourth-order valence-corrected chi connectivity index (χ4v) is 1.62. The lowest BCUT2D eigenvalue weighted by molar-refractivity contribution is -0.125. The van der Waals surface area contributed by atoms with Gasteiger partial charge in [0.1, 0.15) is 0 Å². The Morgan fingerprint density at radius 3 is 2.71 bits per heavy atom. The molecular formula is C11H18F3N3. The minimum absolute atomic E-state index is 0.159. The third-order valence-corrected chi connectivity index (χ3v) is 2.41. The second-order valence-corrected chi connectivity index (χ2v) is 4.26. The fraction of sp³-hybridized carbons (Fsp3) is 0.727. The molecule has 1 aromatic heterocycles. The van der Waals surface area contributed by atoms with Crippen molar-refractivity contribution in [3.05, 3.63) is 18.0 Å². The zero-order valence-electron chi connectivity index (χ0n) is 10.1. The van der Waals surface area contributed by atoms with E-state index in [0.717, 1.165) is 18.5 Å². The Balaban J connectivity index is 2.27. The number of hydrogen-bond donors (Lipinski definition) is 1. The maximum Gasteiger partial charge on any atom is 0.401 e. The Labute approximate surface area is 99.0 Å². The van der Waals surface area contributed by atoms with E-state index in [4.69, 9.17) is 0 Å². The van der Waals surface area contributed by atoms with Crippen molar-refractivity contribution in [3.8, 4) is 0 Å². The second-order valence-electron chi connectivity index (χ2n) is 4.26. The van der Waals surface area contributed by atoms with E-state index in [9.17, 15) is 13.2 Å². The minimum Gasteiger partial charge on any atom is -0.308 e. The number of aryl methyl sites for hydroxylation is 1. The molecule has 0 saturated carbocycles. The van der Waals surface area contributed by atoms with E-state index in [0.29, 0.717) is 6.54 Å². The van der Waals surface area contributed by atoms with E-state index in [-0.39, 0.29) is 5.92 Å². The zero-order valence-corrected chi connectivity index (χ0v) is 10.1. The largest absolute Gasteiger partial charge is 0.401 e. The number of aromatic nitrogens is 2. The summed E-state index contributed by atoms with van der Waals surface area (Å²) in [6.45, 7) is 4.15. The van der Waals surface area contributed by atoms with Crippen molar-refractivity contribution in [1.29, 1.82) is 0 Å². The highest BCUT2D eigenvalue weighted by Gasteiger charge is 2.26.